The van der Waals surface area contributed by atoms with E-state index in [-0.39, 0.29) is 230 Å². The van der Waals surface area contributed by atoms with Crippen molar-refractivity contribution >= 4 is 23.3 Å². The van der Waals surface area contributed by atoms with Crippen molar-refractivity contribution < 1.29 is 242 Å². The Morgan fingerprint density at radius 2 is 0.889 bits per heavy atom. The molecule has 0 bridgehead atoms. The van der Waals surface area contributed by atoms with Crippen LogP contribution in [0, 0.1) is 0 Å². The van der Waals surface area contributed by atoms with Gasteiger partial charge in [-0.05, 0) is 0 Å². The molecule has 7 nitrogen and oxygen atoms in total. The van der Waals surface area contributed by atoms with Gasteiger partial charge in [0.2, 0.25) is 0 Å². The van der Waals surface area contributed by atoms with E-state index in [1.54, 1.807) is 0 Å². The van der Waals surface area contributed by atoms with Crippen LogP contribution in [-0.2, 0) is 9.68 Å². The fourth-order valence-electron chi connectivity index (χ4n) is 0. The quantitative estimate of drug-likeness (QED) is 0.204. The van der Waals surface area contributed by atoms with Crippen LogP contribution in [0.2, 0.25) is 0 Å². The van der Waals surface area contributed by atoms with E-state index >= 15 is 0 Å². The van der Waals surface area contributed by atoms with Crippen LogP contribution in [0.4, 0.5) is 0 Å². The van der Waals surface area contributed by atoms with E-state index in [0.717, 1.165) is 28.4 Å². The Bertz CT molecular complexity index is 53.4. The molecule has 0 aromatic rings. The molecule has 0 saturated heterocycles. The van der Waals surface area contributed by atoms with Gasteiger partial charge < -0.3 is 32.0 Å². The van der Waals surface area contributed by atoms with Crippen molar-refractivity contribution in [1.29, 1.82) is 0 Å². The average Bonchev–Trinajstić information content (AvgIpc) is 2.29. The van der Waals surface area contributed by atoms with E-state index in [9.17, 15) is 0 Å². The van der Waals surface area contributed by atoms with Crippen molar-refractivity contribution in [2.75, 3.05) is 28.4 Å². The van der Waals surface area contributed by atoms with Gasteiger partial charge in [0.15, 0.2) is 0 Å². The molecule has 0 unspecified atom stereocenters. The fourth-order valence-corrected chi connectivity index (χ4v) is 0. The molecule has 13 heteroatoms. The van der Waals surface area contributed by atoms with E-state index in [0.29, 0.717) is 0 Å². The van der Waals surface area contributed by atoms with Crippen molar-refractivity contribution in [3.63, 3.8) is 0 Å². The van der Waals surface area contributed by atoms with Gasteiger partial charge in [0.25, 0.3) is 6.47 Å². The Balaban J connectivity index is -0.00000000305. The summed E-state index contributed by atoms with van der Waals surface area (Å²) in [6, 6.07) is 0. The largest absolute Gasteiger partial charge is 1.00 e. The molecular weight excluding hydrogens is 350 g/mol. The summed E-state index contributed by atoms with van der Waals surface area (Å²) in [6.45, 7) is -0.181. The Hall–Kier alpha value is 5.95. The summed E-state index contributed by atoms with van der Waals surface area (Å²) in [5, 5.41) is 38.9. The zero-order valence-corrected chi connectivity index (χ0v) is 25.2. The Morgan fingerprint density at radius 1 is 0.833 bits per heavy atom. The van der Waals surface area contributed by atoms with Gasteiger partial charge in [0.1, 0.15) is 0 Å². The van der Waals surface area contributed by atoms with Crippen molar-refractivity contribution in [1.82, 2.24) is 0 Å². The minimum absolute atomic E-state index is 0. The van der Waals surface area contributed by atoms with Gasteiger partial charge in [-0.1, -0.05) is 0 Å². The average molecular weight is 366 g/mol. The number of carbonyl (C=O) groups is 1. The number of aliphatic hydroxyl groups excluding tert-OH is 2. The molecule has 2 N–H and O–H groups in total. The molecule has 0 heterocycles. The normalized spacial score (nSPS) is 2.50. The first-order chi connectivity index (χ1) is 5.91. The molecule has 0 atom stereocenters. The second kappa shape index (κ2) is 175. The van der Waals surface area contributed by atoms with Crippen molar-refractivity contribution in [3.8, 4) is 0 Å². The van der Waals surface area contributed by atoms with Crippen LogP contribution in [0.3, 0.4) is 0 Å². The maximum Gasteiger partial charge on any atom is 1.00 e. The van der Waals surface area contributed by atoms with Gasteiger partial charge in [0.05, 0.1) is 0 Å². The molecule has 0 aliphatic carbocycles. The molecule has 0 amide bonds. The third-order valence-electron chi connectivity index (χ3n) is 0.0393. The van der Waals surface area contributed by atoms with Gasteiger partial charge in [-0.15, -0.1) is 0 Å². The maximum atomic E-state index is 8.64. The monoisotopic (exact) mass is 366 g/mol. The Labute approximate surface area is 285 Å². The minimum Gasteiger partial charge on any atom is -1.00 e. The van der Waals surface area contributed by atoms with Crippen LogP contribution in [0.15, 0.2) is 0 Å². The Kier molecular flexibility index (Phi) is 732. The van der Waals surface area contributed by atoms with Gasteiger partial charge in [-0.2, -0.15) is 14.2 Å². The van der Waals surface area contributed by atoms with Crippen LogP contribution in [0.1, 0.15) is 1.43 Å². The van der Waals surface area contributed by atoms with Gasteiger partial charge in [-0.3, -0.25) is 4.79 Å². The fraction of sp³-hybridized carbons (Fsp3) is 0.800. The van der Waals surface area contributed by atoms with E-state index in [1.807, 2.05) is 0 Å². The SMILES string of the molecule is CO.CO.C[O-].C[O-].O=CO[O-].[B].[B].[H-].[K+].[K+].[K+].[K+]. The molecule has 0 saturated carbocycles. The zero-order valence-electron chi connectivity index (χ0n) is 13.7. The second-order valence-corrected chi connectivity index (χ2v) is 0.192. The summed E-state index contributed by atoms with van der Waals surface area (Å²) < 4.78 is 0. The van der Waals surface area contributed by atoms with Crippen LogP contribution in [-0.4, -0.2) is 62.0 Å². The summed E-state index contributed by atoms with van der Waals surface area (Å²) in [5.74, 6) is 0. The van der Waals surface area contributed by atoms with Crippen LogP contribution < -0.4 is 221 Å². The molecule has 0 aliphatic heterocycles. The summed E-state index contributed by atoms with van der Waals surface area (Å²) in [4.78, 5) is 11.2. The topological polar surface area (TPSA) is 136 Å². The first-order valence-corrected chi connectivity index (χ1v) is 2.35. The Morgan fingerprint density at radius 3 is 0.889 bits per heavy atom. The van der Waals surface area contributed by atoms with Gasteiger partial charge in [0, 0.05) is 31.0 Å². The van der Waals surface area contributed by atoms with Gasteiger partial charge in [-0.25, -0.2) is 0 Å². The van der Waals surface area contributed by atoms with Crippen LogP contribution in [0.5, 0.6) is 0 Å². The summed E-state index contributed by atoms with van der Waals surface area (Å²) >= 11 is 0. The minimum atomic E-state index is -0.181. The standard InChI is InChI=1S/CH2O3.2CH4O.2CH3O.2B.4K.H/c2-1-4-3;4*1-2;;;;;;;/h1,3H;2*2H,1H3;2*1H3;;;;;;;/q;;;2*-1;;;4*+1;-1/p-1. The number of hydrogen-bond acceptors (Lipinski definition) is 7. The van der Waals surface area contributed by atoms with Crippen molar-refractivity contribution in [3.05, 3.63) is 0 Å². The third-order valence-corrected chi connectivity index (χ3v) is 0.0393. The second-order valence-electron chi connectivity index (χ2n) is 0.192. The molecule has 0 fully saturated rings. The molecule has 0 spiro atoms. The molecule has 88 valence electrons. The smallest absolute Gasteiger partial charge is 1.00 e. The first-order valence-electron chi connectivity index (χ1n) is 2.35. The molecule has 0 aliphatic rings. The number of hydrogen-bond donors (Lipinski definition) is 2. The number of rotatable bonds is 1. The zero-order chi connectivity index (χ0) is 11.4. The summed E-state index contributed by atoms with van der Waals surface area (Å²) in [5.41, 5.74) is 0. The maximum absolute atomic E-state index is 8.64. The van der Waals surface area contributed by atoms with Gasteiger partial charge >= 0.3 is 206 Å². The molecule has 18 heavy (non-hydrogen) atoms. The molecule has 6 radical (unpaired) electrons. The number of aliphatic hydroxyl groups is 2. The van der Waals surface area contributed by atoms with E-state index < -0.39 is 0 Å². The van der Waals surface area contributed by atoms with Crippen LogP contribution in [0.25, 0.3) is 0 Å². The predicted molar refractivity (Wildman–Crippen MR) is 47.9 cm³/mol. The molecular formula is C5H16B2K4O7. The first kappa shape index (κ1) is 75.2. The molecule has 0 aromatic heterocycles. The van der Waals surface area contributed by atoms with Crippen molar-refractivity contribution in [2.24, 2.45) is 0 Å². The van der Waals surface area contributed by atoms with Crippen molar-refractivity contribution in [2.45, 2.75) is 0 Å². The molecule has 0 rings (SSSR count). The third kappa shape index (κ3) is 200. The summed E-state index contributed by atoms with van der Waals surface area (Å²) in [6.07, 6.45) is 0. The summed E-state index contributed by atoms with van der Waals surface area (Å²) in [7, 11) is 3.50. The number of carbonyl (C=O) groups excluding carboxylic acids is 1. The molecule has 0 aromatic carbocycles. The van der Waals surface area contributed by atoms with E-state index in [4.69, 9.17) is 30.5 Å². The predicted octanol–water partition coefficient (Wildman–Crippen LogP) is -17.0. The van der Waals surface area contributed by atoms with E-state index in [2.05, 4.69) is 4.89 Å². The van der Waals surface area contributed by atoms with Crippen LogP contribution >= 0.6 is 0 Å². The van der Waals surface area contributed by atoms with E-state index in [1.165, 1.54) is 0 Å².